The maximum atomic E-state index is 13.9. The minimum Gasteiger partial charge on any atom is -0.507 e. The molecule has 0 aliphatic heterocycles. The average Bonchev–Trinajstić information content (AvgIpc) is 2.86. The number of pyridine rings is 1. The molecule has 0 radical (unpaired) electrons. The molecule has 10 heteroatoms. The number of primary amides is 1. The molecule has 2 aromatic rings. The highest BCUT2D eigenvalue weighted by Crippen LogP contribution is 2.52. The highest BCUT2D eigenvalue weighted by molar-refractivity contribution is 6.25. The van der Waals surface area contributed by atoms with Crippen LogP contribution in [0.5, 0.6) is 5.75 Å². The van der Waals surface area contributed by atoms with Crippen LogP contribution in [0, 0.1) is 23.7 Å². The Bertz CT molecular complexity index is 1370. The predicted molar refractivity (Wildman–Crippen MR) is 135 cm³/mol. The number of Topliss-reactive ketones (excluding diaryl/α,β-unsaturated/α-hetero) is 3. The lowest BCUT2D eigenvalue weighted by Crippen LogP contribution is -2.75. The number of hydrogen-bond acceptors (Lipinski definition) is 9. The summed E-state index contributed by atoms with van der Waals surface area (Å²) in [6.07, 6.45) is 1.21. The molecule has 7 atom stereocenters. The lowest BCUT2D eigenvalue weighted by molar-refractivity contribution is -0.190. The molecule has 2 saturated carbocycles. The van der Waals surface area contributed by atoms with Crippen molar-refractivity contribution in [1.82, 2.24) is 9.88 Å². The van der Waals surface area contributed by atoms with Crippen molar-refractivity contribution in [3.05, 3.63) is 47.2 Å². The first-order chi connectivity index (χ1) is 17.9. The van der Waals surface area contributed by atoms with Gasteiger partial charge in [0, 0.05) is 23.7 Å². The van der Waals surface area contributed by atoms with E-state index in [0.29, 0.717) is 16.8 Å². The Hall–Kier alpha value is -3.47. The van der Waals surface area contributed by atoms with Crippen molar-refractivity contribution < 1.29 is 34.5 Å². The summed E-state index contributed by atoms with van der Waals surface area (Å²) < 4.78 is 0. The number of aliphatic hydroxyl groups is 2. The van der Waals surface area contributed by atoms with Crippen LogP contribution in [-0.4, -0.2) is 80.3 Å². The number of phenols is 1. The van der Waals surface area contributed by atoms with Gasteiger partial charge in [-0.15, -0.1) is 0 Å². The fourth-order valence-electron chi connectivity index (χ4n) is 6.90. The maximum absolute atomic E-state index is 13.9. The zero-order chi connectivity index (χ0) is 27.7. The van der Waals surface area contributed by atoms with Crippen LogP contribution < -0.4 is 5.73 Å². The van der Waals surface area contributed by atoms with Gasteiger partial charge in [0.1, 0.15) is 11.7 Å². The van der Waals surface area contributed by atoms with Gasteiger partial charge in [0.05, 0.1) is 23.3 Å². The highest BCUT2D eigenvalue weighted by atomic mass is 16.3. The standard InChI is InChI=1S/C28H31N3O7/c1-4-12-7-8-30-17(9-12)14-5-6-18(32)20-15(14)10-13-11-16-22(31(2)3)24(34)21(27(29)37)26(36)28(16,38)25(35)19(13)23(20)33/h5-9,13,16,19,21-22,24,32,34,38H,4,10-11H2,1-3H3,(H2,29,37)/t13-,16-,19?,21?,22?,24?,28-/m1/s1. The number of aromatic nitrogens is 1. The van der Waals surface area contributed by atoms with Gasteiger partial charge in [-0.3, -0.25) is 24.2 Å². The number of aromatic hydroxyl groups is 1. The number of aryl methyl sites for hydroxylation is 1. The number of rotatable bonds is 4. The molecule has 1 heterocycles. The lowest BCUT2D eigenvalue weighted by Gasteiger charge is -2.54. The van der Waals surface area contributed by atoms with E-state index >= 15 is 0 Å². The summed E-state index contributed by atoms with van der Waals surface area (Å²) in [5, 5.41) is 33.4. The average molecular weight is 522 g/mol. The number of nitrogens with two attached hydrogens (primary N) is 1. The topological polar surface area (TPSA) is 171 Å². The smallest absolute Gasteiger partial charge is 0.230 e. The number of carbonyl (C=O) groups is 4. The van der Waals surface area contributed by atoms with Crippen LogP contribution in [0.25, 0.3) is 11.3 Å². The highest BCUT2D eigenvalue weighted by Gasteiger charge is 2.69. The minimum absolute atomic E-state index is 0.0262. The van der Waals surface area contributed by atoms with Gasteiger partial charge in [0.15, 0.2) is 23.0 Å². The number of aliphatic hydroxyl groups excluding tert-OH is 1. The number of fused-ring (bicyclic) bond motifs is 3. The molecule has 0 bridgehead atoms. The number of ketones is 3. The van der Waals surface area contributed by atoms with E-state index in [1.165, 1.54) is 6.07 Å². The van der Waals surface area contributed by atoms with E-state index < -0.39 is 64.7 Å². The van der Waals surface area contributed by atoms with E-state index in [2.05, 4.69) is 4.98 Å². The number of benzene rings is 1. The minimum atomic E-state index is -2.67. The molecule has 38 heavy (non-hydrogen) atoms. The molecule has 1 aromatic carbocycles. The van der Waals surface area contributed by atoms with Crippen LogP contribution >= 0.6 is 0 Å². The first kappa shape index (κ1) is 26.1. The third-order valence-electron chi connectivity index (χ3n) is 8.68. The summed E-state index contributed by atoms with van der Waals surface area (Å²) >= 11 is 0. The van der Waals surface area contributed by atoms with Crippen molar-refractivity contribution in [3.63, 3.8) is 0 Å². The Kier molecular flexibility index (Phi) is 6.24. The number of phenolic OH excluding ortho intramolecular Hbond substituents is 1. The van der Waals surface area contributed by atoms with E-state index in [9.17, 15) is 34.5 Å². The number of amides is 1. The largest absolute Gasteiger partial charge is 0.507 e. The van der Waals surface area contributed by atoms with Crippen LogP contribution in [-0.2, 0) is 27.2 Å². The monoisotopic (exact) mass is 521 g/mol. The van der Waals surface area contributed by atoms with Crippen LogP contribution in [0.15, 0.2) is 30.5 Å². The number of nitrogens with zero attached hydrogens (tertiary/aromatic N) is 2. The van der Waals surface area contributed by atoms with Crippen molar-refractivity contribution in [2.75, 3.05) is 14.1 Å². The Balaban J connectivity index is 1.65. The second kappa shape index (κ2) is 9.07. The van der Waals surface area contributed by atoms with Gasteiger partial charge in [-0.25, -0.2) is 0 Å². The van der Waals surface area contributed by atoms with Gasteiger partial charge in [0.25, 0.3) is 0 Å². The fraction of sp³-hybridized carbons (Fsp3) is 0.464. The third kappa shape index (κ3) is 3.54. The lowest BCUT2D eigenvalue weighted by atomic mass is 9.52. The fourth-order valence-corrected chi connectivity index (χ4v) is 6.90. The van der Waals surface area contributed by atoms with E-state index in [4.69, 9.17) is 5.73 Å². The van der Waals surface area contributed by atoms with E-state index in [1.54, 1.807) is 31.3 Å². The molecule has 200 valence electrons. The molecule has 5 N–H and O–H groups in total. The van der Waals surface area contributed by atoms with Gasteiger partial charge in [-0.2, -0.15) is 0 Å². The van der Waals surface area contributed by atoms with Gasteiger partial charge >= 0.3 is 0 Å². The summed E-state index contributed by atoms with van der Waals surface area (Å²) in [6.45, 7) is 2.01. The molecule has 4 unspecified atom stereocenters. The molecule has 1 amide bonds. The second-order valence-electron chi connectivity index (χ2n) is 10.9. The summed E-state index contributed by atoms with van der Waals surface area (Å²) in [6, 6.07) is 5.94. The normalized spacial score (nSPS) is 32.5. The maximum Gasteiger partial charge on any atom is 0.230 e. The molecule has 10 nitrogen and oxygen atoms in total. The summed E-state index contributed by atoms with van der Waals surface area (Å²) in [4.78, 5) is 59.3. The molecule has 3 aliphatic carbocycles. The van der Waals surface area contributed by atoms with Crippen LogP contribution in [0.1, 0.15) is 34.8 Å². The quantitative estimate of drug-likeness (QED) is 0.413. The van der Waals surface area contributed by atoms with Crippen molar-refractivity contribution in [2.24, 2.45) is 29.4 Å². The summed E-state index contributed by atoms with van der Waals surface area (Å²) in [7, 11) is 3.23. The first-order valence-corrected chi connectivity index (χ1v) is 12.7. The van der Waals surface area contributed by atoms with E-state index in [-0.39, 0.29) is 24.2 Å². The number of carbonyl (C=O) groups excluding carboxylic acids is 4. The number of likely N-dealkylation sites (N-methyl/N-ethyl adjacent to an activating group) is 1. The Morgan fingerprint density at radius 1 is 1.18 bits per heavy atom. The molecule has 0 spiro atoms. The molecule has 5 rings (SSSR count). The van der Waals surface area contributed by atoms with Gasteiger partial charge in [-0.05, 0) is 74.7 Å². The Morgan fingerprint density at radius 3 is 2.53 bits per heavy atom. The number of hydrogen-bond donors (Lipinski definition) is 4. The van der Waals surface area contributed by atoms with E-state index in [1.807, 2.05) is 19.1 Å². The molecule has 2 fully saturated rings. The van der Waals surface area contributed by atoms with Crippen molar-refractivity contribution in [1.29, 1.82) is 0 Å². The SMILES string of the molecule is CCc1ccnc(-c2ccc(O)c3c2C[C@@H]2C[C@@H]4C(N(C)C)C(O)C(C(N)=O)C(=O)[C@]4(O)C(=O)C2C3=O)c1. The summed E-state index contributed by atoms with van der Waals surface area (Å²) in [5.74, 6) is -9.19. The molecule has 0 saturated heterocycles. The van der Waals surface area contributed by atoms with Crippen molar-refractivity contribution in [3.8, 4) is 17.0 Å². The van der Waals surface area contributed by atoms with Gasteiger partial charge in [-0.1, -0.05) is 6.92 Å². The Labute approximate surface area is 219 Å². The Morgan fingerprint density at radius 2 is 1.89 bits per heavy atom. The summed E-state index contributed by atoms with van der Waals surface area (Å²) in [5.41, 5.74) is 5.59. The van der Waals surface area contributed by atoms with Gasteiger partial charge in [0.2, 0.25) is 5.91 Å². The zero-order valence-corrected chi connectivity index (χ0v) is 21.4. The molecular weight excluding hydrogens is 490 g/mol. The van der Waals surface area contributed by atoms with Crippen molar-refractivity contribution >= 4 is 23.3 Å². The third-order valence-corrected chi connectivity index (χ3v) is 8.68. The molecular formula is C28H31N3O7. The predicted octanol–water partition coefficient (Wildman–Crippen LogP) is 0.283. The zero-order valence-electron chi connectivity index (χ0n) is 21.4. The van der Waals surface area contributed by atoms with Crippen LogP contribution in [0.3, 0.4) is 0 Å². The first-order valence-electron chi connectivity index (χ1n) is 12.7. The molecule has 3 aliphatic rings. The second-order valence-corrected chi connectivity index (χ2v) is 10.9. The van der Waals surface area contributed by atoms with Gasteiger partial charge < -0.3 is 26.0 Å². The van der Waals surface area contributed by atoms with Crippen LogP contribution in [0.4, 0.5) is 0 Å². The van der Waals surface area contributed by atoms with Crippen LogP contribution in [0.2, 0.25) is 0 Å². The molecule has 1 aromatic heterocycles. The van der Waals surface area contributed by atoms with Crippen molar-refractivity contribution in [2.45, 2.75) is 43.9 Å². The van der Waals surface area contributed by atoms with E-state index in [0.717, 1.165) is 12.0 Å².